The fourth-order valence-electron chi connectivity index (χ4n) is 2.71. The highest BCUT2D eigenvalue weighted by atomic mass is 32.2. The monoisotopic (exact) mass is 605 g/mol. The zero-order valence-electron chi connectivity index (χ0n) is 22.7. The molecule has 3 aromatic carbocycles. The molecule has 0 saturated carbocycles. The maximum absolute atomic E-state index is 10.2. The Bertz CT molecular complexity index is 1070. The summed E-state index contributed by atoms with van der Waals surface area (Å²) in [6.07, 6.45) is -1.71. The van der Waals surface area contributed by atoms with Gasteiger partial charge in [-0.25, -0.2) is 14.4 Å². The Labute approximate surface area is 246 Å². The number of hydrogen-bond acceptors (Lipinski definition) is 9. The SMILES string of the molecule is CSCC[C@@H]([NH3+])C(=O)O.O=C(O)[C@H](O)c1ccccc1.O=C(O)[C@H](O)c1ccccc1.O=C([O-])[C@H](O)c1ccccc1. The highest BCUT2D eigenvalue weighted by Gasteiger charge is 2.15. The van der Waals surface area contributed by atoms with Gasteiger partial charge in [0.2, 0.25) is 0 Å². The van der Waals surface area contributed by atoms with E-state index in [0.717, 1.165) is 5.75 Å². The molecule has 0 unspecified atom stereocenters. The quantitative estimate of drug-likeness (QED) is 0.167. The van der Waals surface area contributed by atoms with Crippen molar-refractivity contribution in [2.24, 2.45) is 0 Å². The molecule has 3 rings (SSSR count). The summed E-state index contributed by atoms with van der Waals surface area (Å²) in [4.78, 5) is 40.8. The van der Waals surface area contributed by atoms with Gasteiger partial charge in [-0.15, -0.1) is 0 Å². The van der Waals surface area contributed by atoms with Crippen LogP contribution in [0.5, 0.6) is 0 Å². The number of aliphatic carboxylic acids is 4. The first-order chi connectivity index (χ1) is 19.8. The summed E-state index contributed by atoms with van der Waals surface area (Å²) in [6.45, 7) is 0. The zero-order valence-corrected chi connectivity index (χ0v) is 23.5. The van der Waals surface area contributed by atoms with Crippen molar-refractivity contribution in [3.8, 4) is 0 Å². The first-order valence-corrected chi connectivity index (χ1v) is 13.6. The molecule has 0 amide bonds. The van der Waals surface area contributed by atoms with Gasteiger partial charge in [-0.2, -0.15) is 11.8 Å². The molecule has 0 aliphatic carbocycles. The molecule has 0 aliphatic heterocycles. The Morgan fingerprint density at radius 1 is 0.643 bits per heavy atom. The second-order valence-corrected chi connectivity index (χ2v) is 9.24. The fraction of sp³-hybridized carbons (Fsp3) is 0.241. The Hall–Kier alpha value is -4.27. The summed E-state index contributed by atoms with van der Waals surface area (Å²) in [5.74, 6) is -3.85. The topological polar surface area (TPSA) is 240 Å². The van der Waals surface area contributed by atoms with Crippen LogP contribution >= 0.6 is 11.8 Å². The number of aliphatic hydroxyl groups is 3. The van der Waals surface area contributed by atoms with Crippen LogP contribution in [0.4, 0.5) is 0 Å². The molecular weight excluding hydrogens is 570 g/mol. The van der Waals surface area contributed by atoms with Crippen molar-refractivity contribution >= 4 is 35.6 Å². The van der Waals surface area contributed by atoms with E-state index >= 15 is 0 Å². The lowest BCUT2D eigenvalue weighted by Crippen LogP contribution is -2.65. The molecule has 0 spiro atoms. The lowest BCUT2D eigenvalue weighted by atomic mass is 10.1. The summed E-state index contributed by atoms with van der Waals surface area (Å²) in [6, 6.07) is 24.2. The number of aliphatic hydroxyl groups excluding tert-OH is 3. The van der Waals surface area contributed by atoms with Crippen LogP contribution in [0.2, 0.25) is 0 Å². The first kappa shape index (κ1) is 37.7. The molecule has 0 bridgehead atoms. The Balaban J connectivity index is 0.000000536. The van der Waals surface area contributed by atoms with Crippen molar-refractivity contribution in [2.45, 2.75) is 30.8 Å². The van der Waals surface area contributed by atoms with Gasteiger partial charge >= 0.3 is 17.9 Å². The van der Waals surface area contributed by atoms with Crippen molar-refractivity contribution in [1.29, 1.82) is 0 Å². The van der Waals surface area contributed by atoms with Gasteiger partial charge in [-0.3, -0.25) is 0 Å². The maximum atomic E-state index is 10.2. The van der Waals surface area contributed by atoms with Crippen molar-refractivity contribution in [3.05, 3.63) is 108 Å². The molecule has 0 fully saturated rings. The van der Waals surface area contributed by atoms with Crippen molar-refractivity contribution < 1.29 is 60.7 Å². The second-order valence-electron chi connectivity index (χ2n) is 8.25. The van der Waals surface area contributed by atoms with Crippen LogP contribution in [-0.2, 0) is 19.2 Å². The fourth-order valence-corrected chi connectivity index (χ4v) is 3.23. The first-order valence-electron chi connectivity index (χ1n) is 12.2. The van der Waals surface area contributed by atoms with Crippen molar-refractivity contribution in [2.75, 3.05) is 12.0 Å². The molecule has 9 N–H and O–H groups in total. The van der Waals surface area contributed by atoms with Gasteiger partial charge in [0.15, 0.2) is 18.2 Å². The van der Waals surface area contributed by atoms with Crippen LogP contribution in [-0.4, -0.2) is 72.6 Å². The van der Waals surface area contributed by atoms with Crippen LogP contribution in [0, 0.1) is 0 Å². The number of hydrogen-bond donors (Lipinski definition) is 7. The second kappa shape index (κ2) is 21.5. The van der Waals surface area contributed by atoms with E-state index in [1.807, 2.05) is 6.26 Å². The lowest BCUT2D eigenvalue weighted by Gasteiger charge is -2.10. The van der Waals surface area contributed by atoms with E-state index in [1.54, 1.807) is 90.6 Å². The summed E-state index contributed by atoms with van der Waals surface area (Å²) < 4.78 is 0. The van der Waals surface area contributed by atoms with Gasteiger partial charge in [0.25, 0.3) is 0 Å². The summed E-state index contributed by atoms with van der Waals surface area (Å²) in [5.41, 5.74) is 4.61. The van der Waals surface area contributed by atoms with Gasteiger partial charge in [0.05, 0.1) is 5.97 Å². The third-order valence-corrected chi connectivity index (χ3v) is 5.70. The lowest BCUT2D eigenvalue weighted by molar-refractivity contribution is -0.407. The minimum Gasteiger partial charge on any atom is -0.547 e. The van der Waals surface area contributed by atoms with E-state index in [4.69, 9.17) is 30.6 Å². The number of benzene rings is 3. The van der Waals surface area contributed by atoms with Crippen LogP contribution in [0.15, 0.2) is 91.0 Å². The Morgan fingerprint density at radius 3 is 1.19 bits per heavy atom. The molecule has 0 heterocycles. The average Bonchev–Trinajstić information content (AvgIpc) is 3.00. The highest BCUT2D eigenvalue weighted by Crippen LogP contribution is 2.12. The molecule has 0 saturated heterocycles. The van der Waals surface area contributed by atoms with Gasteiger partial charge in [-0.05, 0) is 28.7 Å². The van der Waals surface area contributed by atoms with Crippen LogP contribution in [0.1, 0.15) is 41.4 Å². The average molecular weight is 606 g/mol. The summed E-state index contributed by atoms with van der Waals surface area (Å²) in [7, 11) is 0. The number of carboxylic acids is 4. The van der Waals surface area contributed by atoms with Gasteiger partial charge in [0.1, 0.15) is 6.10 Å². The number of carboxylic acid groups (broad SMARTS) is 4. The van der Waals surface area contributed by atoms with Crippen LogP contribution in [0.3, 0.4) is 0 Å². The third-order valence-electron chi connectivity index (χ3n) is 5.06. The number of quaternary nitrogens is 1. The maximum Gasteiger partial charge on any atom is 0.362 e. The van der Waals surface area contributed by atoms with E-state index in [1.165, 1.54) is 12.1 Å². The largest absolute Gasteiger partial charge is 0.547 e. The van der Waals surface area contributed by atoms with E-state index in [9.17, 15) is 24.3 Å². The van der Waals surface area contributed by atoms with Crippen LogP contribution in [0.25, 0.3) is 0 Å². The van der Waals surface area contributed by atoms with Gasteiger partial charge in [-0.1, -0.05) is 91.0 Å². The van der Waals surface area contributed by atoms with E-state index in [2.05, 4.69) is 5.73 Å². The zero-order chi connectivity index (χ0) is 32.1. The minimum atomic E-state index is -1.52. The molecule has 228 valence electrons. The molecule has 0 aliphatic rings. The molecule has 0 radical (unpaired) electrons. The van der Waals surface area contributed by atoms with E-state index in [-0.39, 0.29) is 0 Å². The molecule has 4 atom stereocenters. The predicted octanol–water partition coefficient (Wildman–Crippen LogP) is 0.514. The molecule has 13 heteroatoms. The number of thioether (sulfide) groups is 1. The van der Waals surface area contributed by atoms with Crippen LogP contribution < -0.4 is 10.8 Å². The number of carbonyl (C=O) groups is 4. The minimum absolute atomic E-state index is 0.340. The molecule has 42 heavy (non-hydrogen) atoms. The number of rotatable bonds is 10. The Kier molecular flexibility index (Phi) is 19.3. The smallest absolute Gasteiger partial charge is 0.362 e. The standard InChI is InChI=1S/3C8H8O3.C5H11NO2S/c3*9-7(8(10)11)6-4-2-1-3-5-6;1-9-3-2-4(6)5(7)8/h3*1-5,7,9H,(H,10,11);4H,2-3,6H2,1H3,(H,7,8)/t3*7-;4-/m1111/s1. The molecular formula is C29H35NO11S. The highest BCUT2D eigenvalue weighted by molar-refractivity contribution is 7.98. The van der Waals surface area contributed by atoms with E-state index in [0.29, 0.717) is 23.1 Å². The predicted molar refractivity (Wildman–Crippen MR) is 152 cm³/mol. The molecule has 3 aromatic rings. The summed E-state index contributed by atoms with van der Waals surface area (Å²) in [5, 5.41) is 62.2. The summed E-state index contributed by atoms with van der Waals surface area (Å²) >= 11 is 1.64. The van der Waals surface area contributed by atoms with Gasteiger partial charge in [0, 0.05) is 6.42 Å². The normalized spacial score (nSPS) is 12.6. The van der Waals surface area contributed by atoms with Crippen molar-refractivity contribution in [1.82, 2.24) is 0 Å². The Morgan fingerprint density at radius 2 is 0.952 bits per heavy atom. The third kappa shape index (κ3) is 16.1. The van der Waals surface area contributed by atoms with Crippen molar-refractivity contribution in [3.63, 3.8) is 0 Å². The molecule has 0 aromatic heterocycles. The van der Waals surface area contributed by atoms with Gasteiger partial charge < -0.3 is 46.3 Å². The van der Waals surface area contributed by atoms with E-state index < -0.39 is 48.2 Å². The molecule has 12 nitrogen and oxygen atoms in total. The number of carbonyl (C=O) groups excluding carboxylic acids is 1.